The number of halogens is 5. The summed E-state index contributed by atoms with van der Waals surface area (Å²) in [6, 6.07) is 8.84. The van der Waals surface area contributed by atoms with Crippen LogP contribution in [0, 0.1) is 5.82 Å². The summed E-state index contributed by atoms with van der Waals surface area (Å²) in [6.07, 6.45) is -4.39. The number of nitrogens with zero attached hydrogens (tertiary/aromatic N) is 2. The lowest BCUT2D eigenvalue weighted by molar-refractivity contribution is -0.137. The zero-order valence-corrected chi connectivity index (χ0v) is 18.3. The zero-order valence-electron chi connectivity index (χ0n) is 17.6. The fraction of sp³-hybridized carbons (Fsp3) is 0.364. The summed E-state index contributed by atoms with van der Waals surface area (Å²) < 4.78 is 53.0. The third-order valence-corrected chi connectivity index (χ3v) is 5.43. The molecule has 6 nitrogen and oxygen atoms in total. The van der Waals surface area contributed by atoms with Crippen LogP contribution in [0.4, 0.5) is 28.9 Å². The fourth-order valence-corrected chi connectivity index (χ4v) is 3.63. The Kier molecular flexibility index (Phi) is 8.28. The molecule has 0 aromatic heterocycles. The van der Waals surface area contributed by atoms with E-state index >= 15 is 0 Å². The van der Waals surface area contributed by atoms with Crippen molar-refractivity contribution in [3.05, 3.63) is 58.9 Å². The highest BCUT2D eigenvalue weighted by atomic mass is 35.5. The van der Waals surface area contributed by atoms with Gasteiger partial charge in [0.15, 0.2) is 0 Å². The average molecular weight is 487 g/mol. The van der Waals surface area contributed by atoms with Crippen LogP contribution in [0.3, 0.4) is 0 Å². The number of hydrogen-bond donors (Lipinski definition) is 2. The maximum atomic E-state index is 13.8. The Balaban J connectivity index is 1.40. The van der Waals surface area contributed by atoms with E-state index in [1.807, 2.05) is 9.80 Å². The molecular weight excluding hydrogens is 464 g/mol. The molecule has 1 aliphatic heterocycles. The van der Waals surface area contributed by atoms with Crippen molar-refractivity contribution in [3.63, 3.8) is 0 Å². The number of amides is 2. The summed E-state index contributed by atoms with van der Waals surface area (Å²) in [5.74, 6) is -1.47. The van der Waals surface area contributed by atoms with Crippen molar-refractivity contribution >= 4 is 34.8 Å². The molecule has 0 radical (unpaired) electrons. The first kappa shape index (κ1) is 24.9. The predicted octanol–water partition coefficient (Wildman–Crippen LogP) is 4.08. The Morgan fingerprint density at radius 1 is 0.909 bits per heavy atom. The summed E-state index contributed by atoms with van der Waals surface area (Å²) in [5.41, 5.74) is -1.09. The number of para-hydroxylation sites is 1. The SMILES string of the molecule is O=C(CCN1CCN(CC(=O)Nc2ccccc2C(F)(F)F)CC1)Nc1ccc(Cl)cc1F. The van der Waals surface area contributed by atoms with Gasteiger partial charge in [-0.2, -0.15) is 13.2 Å². The molecule has 1 fully saturated rings. The standard InChI is InChI=1S/C22H23ClF4N4O2/c23-15-5-6-19(17(24)13-15)29-20(32)7-8-30-9-11-31(12-10-30)14-21(33)28-18-4-2-1-3-16(18)22(25,26)27/h1-6,13H,7-12,14H2,(H,28,33)(H,29,32). The number of hydrogen-bond acceptors (Lipinski definition) is 4. The lowest BCUT2D eigenvalue weighted by Gasteiger charge is -2.34. The van der Waals surface area contributed by atoms with Gasteiger partial charge in [-0.1, -0.05) is 23.7 Å². The molecule has 1 aliphatic rings. The Hall–Kier alpha value is -2.69. The lowest BCUT2D eigenvalue weighted by atomic mass is 10.1. The maximum absolute atomic E-state index is 13.8. The van der Waals surface area contributed by atoms with E-state index in [9.17, 15) is 27.2 Å². The van der Waals surface area contributed by atoms with Crippen molar-refractivity contribution in [2.24, 2.45) is 0 Å². The van der Waals surface area contributed by atoms with E-state index in [4.69, 9.17) is 11.6 Å². The third kappa shape index (κ3) is 7.41. The van der Waals surface area contributed by atoms with E-state index in [1.165, 1.54) is 30.3 Å². The molecule has 3 rings (SSSR count). The number of anilines is 2. The number of rotatable bonds is 7. The van der Waals surface area contributed by atoms with Gasteiger partial charge in [0.25, 0.3) is 0 Å². The van der Waals surface area contributed by atoms with Crippen LogP contribution in [-0.2, 0) is 15.8 Å². The summed E-state index contributed by atoms with van der Waals surface area (Å²) >= 11 is 5.69. The largest absolute Gasteiger partial charge is 0.418 e. The zero-order chi connectivity index (χ0) is 24.0. The maximum Gasteiger partial charge on any atom is 0.418 e. The van der Waals surface area contributed by atoms with E-state index in [0.29, 0.717) is 32.7 Å². The number of nitrogens with one attached hydrogen (secondary N) is 2. The van der Waals surface area contributed by atoms with Gasteiger partial charge >= 0.3 is 6.18 Å². The normalized spacial score (nSPS) is 15.3. The molecule has 0 atom stereocenters. The van der Waals surface area contributed by atoms with Crippen LogP contribution in [0.5, 0.6) is 0 Å². The molecule has 0 saturated carbocycles. The molecule has 0 aliphatic carbocycles. The van der Waals surface area contributed by atoms with Crippen LogP contribution in [0.15, 0.2) is 42.5 Å². The van der Waals surface area contributed by atoms with Crippen molar-refractivity contribution < 1.29 is 27.2 Å². The topological polar surface area (TPSA) is 64.7 Å². The third-order valence-electron chi connectivity index (χ3n) is 5.20. The summed E-state index contributed by atoms with van der Waals surface area (Å²) in [4.78, 5) is 28.2. The number of piperazine rings is 1. The van der Waals surface area contributed by atoms with Gasteiger partial charge in [0, 0.05) is 44.2 Å². The second-order valence-electron chi connectivity index (χ2n) is 7.63. The Labute approximate surface area is 193 Å². The first-order chi connectivity index (χ1) is 15.6. The second kappa shape index (κ2) is 11.0. The molecule has 2 aromatic carbocycles. The summed E-state index contributed by atoms with van der Waals surface area (Å²) in [7, 11) is 0. The van der Waals surface area contributed by atoms with Crippen LogP contribution in [0.1, 0.15) is 12.0 Å². The first-order valence-corrected chi connectivity index (χ1v) is 10.7. The Morgan fingerprint density at radius 3 is 2.21 bits per heavy atom. The van der Waals surface area contributed by atoms with E-state index in [-0.39, 0.29) is 35.3 Å². The molecular formula is C22H23ClF4N4O2. The molecule has 2 aromatic rings. The highest BCUT2D eigenvalue weighted by Gasteiger charge is 2.33. The first-order valence-electron chi connectivity index (χ1n) is 10.3. The molecule has 33 heavy (non-hydrogen) atoms. The van der Waals surface area contributed by atoms with Gasteiger partial charge in [0.05, 0.1) is 23.5 Å². The molecule has 1 saturated heterocycles. The molecule has 2 amide bonds. The minimum Gasteiger partial charge on any atom is -0.324 e. The molecule has 0 bridgehead atoms. The average Bonchev–Trinajstić information content (AvgIpc) is 2.75. The fourth-order valence-electron chi connectivity index (χ4n) is 3.47. The van der Waals surface area contributed by atoms with E-state index in [2.05, 4.69) is 10.6 Å². The van der Waals surface area contributed by atoms with Gasteiger partial charge in [-0.05, 0) is 30.3 Å². The number of carbonyl (C=O) groups excluding carboxylic acids is 2. The summed E-state index contributed by atoms with van der Waals surface area (Å²) in [6.45, 7) is 2.67. The van der Waals surface area contributed by atoms with E-state index in [0.717, 1.165) is 12.1 Å². The van der Waals surface area contributed by atoms with Crippen LogP contribution in [0.25, 0.3) is 0 Å². The van der Waals surface area contributed by atoms with Crippen molar-refractivity contribution in [1.82, 2.24) is 9.80 Å². The minimum absolute atomic E-state index is 0.0314. The number of alkyl halides is 3. The molecule has 0 spiro atoms. The number of benzene rings is 2. The molecule has 178 valence electrons. The molecule has 1 heterocycles. The number of carbonyl (C=O) groups is 2. The summed E-state index contributed by atoms with van der Waals surface area (Å²) in [5, 5.41) is 5.09. The van der Waals surface area contributed by atoms with Gasteiger partial charge in [0.1, 0.15) is 5.82 Å². The van der Waals surface area contributed by atoms with Gasteiger partial charge in [-0.15, -0.1) is 0 Å². The van der Waals surface area contributed by atoms with Gasteiger partial charge in [0.2, 0.25) is 11.8 Å². The van der Waals surface area contributed by atoms with Crippen molar-refractivity contribution in [2.75, 3.05) is 49.9 Å². The monoisotopic (exact) mass is 486 g/mol. The van der Waals surface area contributed by atoms with Crippen LogP contribution < -0.4 is 10.6 Å². The molecule has 2 N–H and O–H groups in total. The lowest BCUT2D eigenvalue weighted by Crippen LogP contribution is -2.49. The highest BCUT2D eigenvalue weighted by molar-refractivity contribution is 6.30. The van der Waals surface area contributed by atoms with Gasteiger partial charge in [-0.25, -0.2) is 4.39 Å². The van der Waals surface area contributed by atoms with Crippen molar-refractivity contribution in [3.8, 4) is 0 Å². The highest BCUT2D eigenvalue weighted by Crippen LogP contribution is 2.34. The smallest absolute Gasteiger partial charge is 0.324 e. The van der Waals surface area contributed by atoms with Crippen molar-refractivity contribution in [1.29, 1.82) is 0 Å². The predicted molar refractivity (Wildman–Crippen MR) is 118 cm³/mol. The van der Waals surface area contributed by atoms with Crippen LogP contribution in [0.2, 0.25) is 5.02 Å². The van der Waals surface area contributed by atoms with Crippen LogP contribution >= 0.6 is 11.6 Å². The van der Waals surface area contributed by atoms with Crippen molar-refractivity contribution in [2.45, 2.75) is 12.6 Å². The quantitative estimate of drug-likeness (QED) is 0.579. The van der Waals surface area contributed by atoms with Gasteiger partial charge in [-0.3, -0.25) is 14.5 Å². The Bertz CT molecular complexity index is 995. The Morgan fingerprint density at radius 2 is 1.55 bits per heavy atom. The van der Waals surface area contributed by atoms with Crippen LogP contribution in [-0.4, -0.2) is 60.9 Å². The second-order valence-corrected chi connectivity index (χ2v) is 8.07. The van der Waals surface area contributed by atoms with E-state index in [1.54, 1.807) is 0 Å². The van der Waals surface area contributed by atoms with E-state index < -0.39 is 23.5 Å². The van der Waals surface area contributed by atoms with Gasteiger partial charge < -0.3 is 15.5 Å². The minimum atomic E-state index is -4.55. The molecule has 0 unspecified atom stereocenters. The molecule has 11 heteroatoms.